The lowest BCUT2D eigenvalue weighted by molar-refractivity contribution is 0.173. The van der Waals surface area contributed by atoms with E-state index in [4.69, 9.17) is 14.2 Å². The summed E-state index contributed by atoms with van der Waals surface area (Å²) in [6, 6.07) is 5.61. The molecule has 1 fully saturated rings. The molecule has 1 saturated heterocycles. The highest BCUT2D eigenvalue weighted by molar-refractivity contribution is 14.0. The molecule has 0 spiro atoms. The summed E-state index contributed by atoms with van der Waals surface area (Å²) in [5.41, 5.74) is 0. The largest absolute Gasteiger partial charge is 0.492 e. The highest BCUT2D eigenvalue weighted by atomic mass is 127. The second-order valence-corrected chi connectivity index (χ2v) is 6.79. The van der Waals surface area contributed by atoms with Gasteiger partial charge < -0.3 is 24.8 Å². The molecular formula is C16H24IN3O3S. The van der Waals surface area contributed by atoms with Gasteiger partial charge >= 0.3 is 0 Å². The molecule has 1 aromatic rings. The van der Waals surface area contributed by atoms with Crippen molar-refractivity contribution in [1.82, 2.24) is 10.6 Å². The quantitative estimate of drug-likeness (QED) is 0.291. The molecule has 2 aliphatic rings. The normalized spacial score (nSPS) is 18.9. The van der Waals surface area contributed by atoms with Crippen LogP contribution in [0.5, 0.6) is 17.2 Å². The van der Waals surface area contributed by atoms with Gasteiger partial charge in [0.05, 0.1) is 6.54 Å². The average molecular weight is 465 g/mol. The maximum atomic E-state index is 5.72. The fourth-order valence-electron chi connectivity index (χ4n) is 2.54. The molecule has 6 nitrogen and oxygen atoms in total. The van der Waals surface area contributed by atoms with E-state index >= 15 is 0 Å². The molecule has 1 atom stereocenters. The fraction of sp³-hybridized carbons (Fsp3) is 0.562. The molecule has 8 heteroatoms. The van der Waals surface area contributed by atoms with Crippen LogP contribution in [0.25, 0.3) is 0 Å². The third-order valence-corrected chi connectivity index (χ3v) is 5.15. The van der Waals surface area contributed by atoms with Crippen LogP contribution in [0.2, 0.25) is 0 Å². The second kappa shape index (κ2) is 10.1. The molecule has 0 radical (unpaired) electrons. The van der Waals surface area contributed by atoms with E-state index in [0.717, 1.165) is 29.8 Å². The van der Waals surface area contributed by atoms with Crippen molar-refractivity contribution in [3.8, 4) is 17.2 Å². The summed E-state index contributed by atoms with van der Waals surface area (Å²) >= 11 is 2.04. The van der Waals surface area contributed by atoms with Gasteiger partial charge in [-0.25, -0.2) is 0 Å². The van der Waals surface area contributed by atoms with Gasteiger partial charge in [0.1, 0.15) is 12.4 Å². The fourth-order valence-corrected chi connectivity index (χ4v) is 3.74. The van der Waals surface area contributed by atoms with Crippen molar-refractivity contribution in [2.75, 3.05) is 39.3 Å². The van der Waals surface area contributed by atoms with Gasteiger partial charge in [-0.05, 0) is 30.7 Å². The van der Waals surface area contributed by atoms with E-state index in [0.29, 0.717) is 18.4 Å². The number of hydrogen-bond donors (Lipinski definition) is 2. The predicted octanol–water partition coefficient (Wildman–Crippen LogP) is 2.47. The monoisotopic (exact) mass is 465 g/mol. The minimum Gasteiger partial charge on any atom is -0.492 e. The zero-order valence-corrected chi connectivity index (χ0v) is 16.9. The first-order valence-electron chi connectivity index (χ1n) is 7.94. The number of thioether (sulfide) groups is 1. The summed E-state index contributed by atoms with van der Waals surface area (Å²) in [6.45, 7) is 2.49. The maximum absolute atomic E-state index is 5.72. The van der Waals surface area contributed by atoms with Gasteiger partial charge in [0, 0.05) is 24.9 Å². The second-order valence-electron chi connectivity index (χ2n) is 5.38. The minimum atomic E-state index is 0. The van der Waals surface area contributed by atoms with Gasteiger partial charge in [0.15, 0.2) is 17.5 Å². The first-order chi connectivity index (χ1) is 11.3. The summed E-state index contributed by atoms with van der Waals surface area (Å²) in [7, 11) is 1.79. The van der Waals surface area contributed by atoms with Crippen molar-refractivity contribution >= 4 is 41.7 Å². The van der Waals surface area contributed by atoms with Gasteiger partial charge in [0.2, 0.25) is 6.79 Å². The number of benzene rings is 1. The van der Waals surface area contributed by atoms with Gasteiger partial charge in [-0.1, -0.05) is 0 Å². The average Bonchev–Trinajstić information content (AvgIpc) is 3.25. The Kier molecular flexibility index (Phi) is 8.10. The molecule has 0 bridgehead atoms. The van der Waals surface area contributed by atoms with Crippen molar-refractivity contribution in [3.63, 3.8) is 0 Å². The molecule has 0 amide bonds. The number of ether oxygens (including phenoxy) is 3. The van der Waals surface area contributed by atoms with Gasteiger partial charge in [-0.2, -0.15) is 11.8 Å². The van der Waals surface area contributed by atoms with Gasteiger partial charge in [0.25, 0.3) is 0 Å². The third kappa shape index (κ3) is 5.51. The van der Waals surface area contributed by atoms with Crippen LogP contribution in [0.4, 0.5) is 0 Å². The lowest BCUT2D eigenvalue weighted by Crippen LogP contribution is -2.41. The van der Waals surface area contributed by atoms with Crippen molar-refractivity contribution in [3.05, 3.63) is 18.2 Å². The summed E-state index contributed by atoms with van der Waals surface area (Å²) in [5.74, 6) is 4.39. The molecule has 2 N–H and O–H groups in total. The number of nitrogens with one attached hydrogen (secondary N) is 2. The highest BCUT2D eigenvalue weighted by Gasteiger charge is 2.15. The lowest BCUT2D eigenvalue weighted by atomic mass is 10.2. The Labute approximate surface area is 164 Å². The number of halogens is 1. The number of aliphatic imine (C=N–C) groups is 1. The molecule has 3 rings (SSSR count). The number of fused-ring (bicyclic) bond motifs is 1. The molecule has 0 aliphatic carbocycles. The summed E-state index contributed by atoms with van der Waals surface area (Å²) in [5, 5.41) is 7.34. The van der Waals surface area contributed by atoms with Crippen LogP contribution in [0.15, 0.2) is 23.2 Å². The van der Waals surface area contributed by atoms with Crippen molar-refractivity contribution < 1.29 is 14.2 Å². The molecule has 134 valence electrons. The number of guanidine groups is 1. The van der Waals surface area contributed by atoms with Crippen LogP contribution in [-0.4, -0.2) is 50.5 Å². The molecule has 0 aromatic heterocycles. The number of rotatable bonds is 6. The summed E-state index contributed by atoms with van der Waals surface area (Å²) < 4.78 is 16.3. The lowest BCUT2D eigenvalue weighted by Gasteiger charge is -2.15. The van der Waals surface area contributed by atoms with Crippen LogP contribution in [-0.2, 0) is 0 Å². The Morgan fingerprint density at radius 2 is 2.21 bits per heavy atom. The van der Waals surface area contributed by atoms with E-state index in [1.807, 2.05) is 30.0 Å². The van der Waals surface area contributed by atoms with E-state index in [9.17, 15) is 0 Å². The van der Waals surface area contributed by atoms with Crippen molar-refractivity contribution in [2.45, 2.75) is 18.1 Å². The van der Waals surface area contributed by atoms with E-state index in [1.54, 1.807) is 7.05 Å². The Bertz CT molecular complexity index is 553. The standard InChI is InChI=1S/C16H23N3O3S.HI/c1-17-16(19-10-13-3-2-8-23-13)18-6-7-20-12-4-5-14-15(9-12)22-11-21-14;/h4-5,9,13H,2-3,6-8,10-11H2,1H3,(H2,17,18,19);1H. The van der Waals surface area contributed by atoms with Crippen molar-refractivity contribution in [1.29, 1.82) is 0 Å². The summed E-state index contributed by atoms with van der Waals surface area (Å²) in [4.78, 5) is 4.23. The smallest absolute Gasteiger partial charge is 0.231 e. The molecule has 1 unspecified atom stereocenters. The molecule has 1 aromatic carbocycles. The topological polar surface area (TPSA) is 64.1 Å². The summed E-state index contributed by atoms with van der Waals surface area (Å²) in [6.07, 6.45) is 2.62. The van der Waals surface area contributed by atoms with Crippen LogP contribution < -0.4 is 24.8 Å². The van der Waals surface area contributed by atoms with Crippen molar-refractivity contribution in [2.24, 2.45) is 4.99 Å². The van der Waals surface area contributed by atoms with Crippen LogP contribution in [0.1, 0.15) is 12.8 Å². The molecular weight excluding hydrogens is 441 g/mol. The van der Waals surface area contributed by atoms with E-state index in [2.05, 4.69) is 15.6 Å². The zero-order chi connectivity index (χ0) is 15.9. The Morgan fingerprint density at radius 1 is 1.33 bits per heavy atom. The SMILES string of the molecule is CN=C(NCCOc1ccc2c(c1)OCO2)NCC1CCCS1.I. The zero-order valence-electron chi connectivity index (χ0n) is 13.7. The third-order valence-electron chi connectivity index (χ3n) is 3.75. The molecule has 2 heterocycles. The first kappa shape index (κ1) is 19.3. The highest BCUT2D eigenvalue weighted by Crippen LogP contribution is 2.34. The van der Waals surface area contributed by atoms with Crippen LogP contribution >= 0.6 is 35.7 Å². The maximum Gasteiger partial charge on any atom is 0.231 e. The van der Waals surface area contributed by atoms with E-state index in [1.165, 1.54) is 18.6 Å². The number of hydrogen-bond acceptors (Lipinski definition) is 5. The Hall–Kier alpha value is -1.03. The number of nitrogens with zero attached hydrogens (tertiary/aromatic N) is 1. The predicted molar refractivity (Wildman–Crippen MR) is 108 cm³/mol. The Balaban J connectivity index is 0.00000208. The molecule has 0 saturated carbocycles. The molecule has 24 heavy (non-hydrogen) atoms. The van der Waals surface area contributed by atoms with Crippen LogP contribution in [0, 0.1) is 0 Å². The molecule has 2 aliphatic heterocycles. The van der Waals surface area contributed by atoms with Gasteiger partial charge in [-0.3, -0.25) is 4.99 Å². The van der Waals surface area contributed by atoms with E-state index < -0.39 is 0 Å². The van der Waals surface area contributed by atoms with E-state index in [-0.39, 0.29) is 30.8 Å². The van der Waals surface area contributed by atoms with Crippen LogP contribution in [0.3, 0.4) is 0 Å². The van der Waals surface area contributed by atoms with Gasteiger partial charge in [-0.15, -0.1) is 24.0 Å². The minimum absolute atomic E-state index is 0. The Morgan fingerprint density at radius 3 is 3.00 bits per heavy atom. The first-order valence-corrected chi connectivity index (χ1v) is 8.98.